The molecule has 2 aromatic carbocycles. The Morgan fingerprint density at radius 1 is 1.13 bits per heavy atom. The molecule has 1 aliphatic heterocycles. The average molecular weight is 311 g/mol. The maximum absolute atomic E-state index is 13.1. The standard InChI is InChI=1S/C17H14FN3O2/c18-13-6-3-4-11(8-13)10-19-17-21-20-16(23-17)15-9-12-5-1-2-7-14(12)22-15/h1-8,15H,9-10H2,(H,19,21). The minimum absolute atomic E-state index is 0.260. The molecule has 1 aliphatic rings. The van der Waals surface area contributed by atoms with Crippen molar-refractivity contribution < 1.29 is 13.5 Å². The van der Waals surface area contributed by atoms with Crippen molar-refractivity contribution in [1.29, 1.82) is 0 Å². The molecule has 0 fully saturated rings. The van der Waals surface area contributed by atoms with E-state index in [1.165, 1.54) is 12.1 Å². The van der Waals surface area contributed by atoms with Gasteiger partial charge in [-0.1, -0.05) is 35.4 Å². The lowest BCUT2D eigenvalue weighted by Crippen LogP contribution is -2.03. The zero-order chi connectivity index (χ0) is 15.6. The number of benzene rings is 2. The number of anilines is 1. The van der Waals surface area contributed by atoms with Crippen molar-refractivity contribution in [3.63, 3.8) is 0 Å². The van der Waals surface area contributed by atoms with Crippen LogP contribution in [0.1, 0.15) is 23.1 Å². The van der Waals surface area contributed by atoms with Crippen LogP contribution in [0, 0.1) is 5.82 Å². The third kappa shape index (κ3) is 2.88. The second kappa shape index (κ2) is 5.72. The maximum atomic E-state index is 13.1. The van der Waals surface area contributed by atoms with Gasteiger partial charge in [0.15, 0.2) is 6.10 Å². The van der Waals surface area contributed by atoms with Crippen molar-refractivity contribution >= 4 is 6.01 Å². The molecule has 1 unspecified atom stereocenters. The Hall–Kier alpha value is -2.89. The van der Waals surface area contributed by atoms with Gasteiger partial charge in [-0.3, -0.25) is 0 Å². The van der Waals surface area contributed by atoms with E-state index in [0.29, 0.717) is 24.9 Å². The molecule has 2 heterocycles. The number of nitrogens with one attached hydrogen (secondary N) is 1. The summed E-state index contributed by atoms with van der Waals surface area (Å²) in [5.41, 5.74) is 1.93. The molecule has 23 heavy (non-hydrogen) atoms. The van der Waals surface area contributed by atoms with Gasteiger partial charge in [0, 0.05) is 13.0 Å². The summed E-state index contributed by atoms with van der Waals surface area (Å²) in [4.78, 5) is 0. The minimum Gasteiger partial charge on any atom is -0.480 e. The summed E-state index contributed by atoms with van der Waals surface area (Å²) in [6, 6.07) is 14.5. The maximum Gasteiger partial charge on any atom is 0.315 e. The number of ether oxygens (including phenoxy) is 1. The number of fused-ring (bicyclic) bond motifs is 1. The summed E-state index contributed by atoms with van der Waals surface area (Å²) < 4.78 is 24.5. The van der Waals surface area contributed by atoms with Crippen LogP contribution < -0.4 is 10.1 Å². The molecule has 0 radical (unpaired) electrons. The van der Waals surface area contributed by atoms with E-state index < -0.39 is 0 Å². The highest BCUT2D eigenvalue weighted by molar-refractivity contribution is 5.38. The fourth-order valence-electron chi connectivity index (χ4n) is 2.58. The third-order valence-corrected chi connectivity index (χ3v) is 3.70. The fourth-order valence-corrected chi connectivity index (χ4v) is 2.58. The average Bonchev–Trinajstić information content (AvgIpc) is 3.19. The molecule has 0 aliphatic carbocycles. The predicted molar refractivity (Wildman–Crippen MR) is 81.5 cm³/mol. The molecular weight excluding hydrogens is 297 g/mol. The molecule has 3 aromatic rings. The fraction of sp³-hybridized carbons (Fsp3) is 0.176. The van der Waals surface area contributed by atoms with E-state index in [4.69, 9.17) is 9.15 Å². The Balaban J connectivity index is 1.42. The molecule has 5 nitrogen and oxygen atoms in total. The van der Waals surface area contributed by atoms with Crippen molar-refractivity contribution in [2.24, 2.45) is 0 Å². The Labute approximate surface area is 132 Å². The number of rotatable bonds is 4. The molecule has 1 atom stereocenters. The van der Waals surface area contributed by atoms with Crippen molar-refractivity contribution in [3.8, 4) is 5.75 Å². The minimum atomic E-state index is -0.271. The van der Waals surface area contributed by atoms with Crippen LogP contribution in [0.3, 0.4) is 0 Å². The number of halogens is 1. The Kier molecular flexibility index (Phi) is 3.42. The van der Waals surface area contributed by atoms with Crippen LogP contribution in [0.25, 0.3) is 0 Å². The van der Waals surface area contributed by atoms with E-state index in [1.54, 1.807) is 6.07 Å². The molecule has 0 saturated heterocycles. The summed E-state index contributed by atoms with van der Waals surface area (Å²) in [5, 5.41) is 11.0. The van der Waals surface area contributed by atoms with E-state index >= 15 is 0 Å². The molecule has 0 bridgehead atoms. The number of para-hydroxylation sites is 1. The SMILES string of the molecule is Fc1cccc(CNc2nnc(C3Cc4ccccc4O3)o2)c1. The smallest absolute Gasteiger partial charge is 0.315 e. The van der Waals surface area contributed by atoms with Crippen LogP contribution in [-0.2, 0) is 13.0 Å². The first-order chi connectivity index (χ1) is 11.3. The van der Waals surface area contributed by atoms with Crippen LogP contribution in [0.2, 0.25) is 0 Å². The van der Waals surface area contributed by atoms with Crippen molar-refractivity contribution in [1.82, 2.24) is 10.2 Å². The van der Waals surface area contributed by atoms with Gasteiger partial charge in [0.1, 0.15) is 11.6 Å². The van der Waals surface area contributed by atoms with Crippen molar-refractivity contribution in [2.45, 2.75) is 19.1 Å². The quantitative estimate of drug-likeness (QED) is 0.799. The lowest BCUT2D eigenvalue weighted by molar-refractivity contribution is 0.199. The van der Waals surface area contributed by atoms with Crippen LogP contribution in [0.15, 0.2) is 52.9 Å². The third-order valence-electron chi connectivity index (χ3n) is 3.70. The Bertz CT molecular complexity index is 809. The monoisotopic (exact) mass is 311 g/mol. The van der Waals surface area contributed by atoms with Gasteiger partial charge >= 0.3 is 6.01 Å². The van der Waals surface area contributed by atoms with Gasteiger partial charge < -0.3 is 14.5 Å². The zero-order valence-electron chi connectivity index (χ0n) is 12.2. The normalized spacial score (nSPS) is 16.0. The lowest BCUT2D eigenvalue weighted by Gasteiger charge is -2.05. The van der Waals surface area contributed by atoms with Gasteiger partial charge in [-0.05, 0) is 29.3 Å². The van der Waals surface area contributed by atoms with Gasteiger partial charge in [0.2, 0.25) is 0 Å². The van der Waals surface area contributed by atoms with Gasteiger partial charge in [0.25, 0.3) is 5.89 Å². The largest absolute Gasteiger partial charge is 0.480 e. The van der Waals surface area contributed by atoms with Crippen molar-refractivity contribution in [2.75, 3.05) is 5.32 Å². The molecule has 1 aromatic heterocycles. The first-order valence-corrected chi connectivity index (χ1v) is 7.34. The number of hydrogen-bond donors (Lipinski definition) is 1. The first-order valence-electron chi connectivity index (χ1n) is 7.34. The molecule has 6 heteroatoms. The summed E-state index contributed by atoms with van der Waals surface area (Å²) in [7, 11) is 0. The number of hydrogen-bond acceptors (Lipinski definition) is 5. The predicted octanol–water partition coefficient (Wildman–Crippen LogP) is 3.50. The number of aromatic nitrogens is 2. The first kappa shape index (κ1) is 13.8. The zero-order valence-corrected chi connectivity index (χ0v) is 12.2. The summed E-state index contributed by atoms with van der Waals surface area (Å²) in [6.07, 6.45) is 0.450. The van der Waals surface area contributed by atoms with E-state index in [2.05, 4.69) is 15.5 Å². The summed E-state index contributed by atoms with van der Waals surface area (Å²) >= 11 is 0. The molecule has 0 saturated carbocycles. The lowest BCUT2D eigenvalue weighted by atomic mass is 10.1. The van der Waals surface area contributed by atoms with Gasteiger partial charge in [-0.2, -0.15) is 0 Å². The number of nitrogens with zero attached hydrogens (tertiary/aromatic N) is 2. The molecular formula is C17H14FN3O2. The van der Waals surface area contributed by atoms with Crippen LogP contribution in [-0.4, -0.2) is 10.2 Å². The highest BCUT2D eigenvalue weighted by atomic mass is 19.1. The van der Waals surface area contributed by atoms with E-state index in [1.807, 2.05) is 30.3 Å². The topological polar surface area (TPSA) is 60.2 Å². The van der Waals surface area contributed by atoms with E-state index in [9.17, 15) is 4.39 Å². The van der Waals surface area contributed by atoms with Gasteiger partial charge in [-0.15, -0.1) is 5.10 Å². The molecule has 0 spiro atoms. The molecule has 4 rings (SSSR count). The van der Waals surface area contributed by atoms with Crippen LogP contribution in [0.5, 0.6) is 5.75 Å². The van der Waals surface area contributed by atoms with Crippen molar-refractivity contribution in [3.05, 3.63) is 71.4 Å². The van der Waals surface area contributed by atoms with E-state index in [0.717, 1.165) is 16.9 Å². The van der Waals surface area contributed by atoms with Gasteiger partial charge in [-0.25, -0.2) is 4.39 Å². The van der Waals surface area contributed by atoms with E-state index in [-0.39, 0.29) is 11.9 Å². The summed E-state index contributed by atoms with van der Waals surface area (Å²) in [6.45, 7) is 0.408. The Morgan fingerprint density at radius 3 is 2.91 bits per heavy atom. The van der Waals surface area contributed by atoms with Crippen LogP contribution in [0.4, 0.5) is 10.4 Å². The highest BCUT2D eigenvalue weighted by Gasteiger charge is 2.28. The molecule has 0 amide bonds. The second-order valence-electron chi connectivity index (χ2n) is 5.35. The Morgan fingerprint density at radius 2 is 2.04 bits per heavy atom. The van der Waals surface area contributed by atoms with Crippen LogP contribution >= 0.6 is 0 Å². The molecule has 1 N–H and O–H groups in total. The van der Waals surface area contributed by atoms with Gasteiger partial charge in [0.05, 0.1) is 0 Å². The molecule has 116 valence electrons. The highest BCUT2D eigenvalue weighted by Crippen LogP contribution is 2.36. The summed E-state index contributed by atoms with van der Waals surface area (Å²) in [5.74, 6) is 1.01. The second-order valence-corrected chi connectivity index (χ2v) is 5.35.